The molecule has 0 fully saturated rings. The maximum absolute atomic E-state index is 10.6. The summed E-state index contributed by atoms with van der Waals surface area (Å²) in [5.74, 6) is -2.76. The van der Waals surface area contributed by atoms with Crippen LogP contribution in [0.1, 0.15) is 0 Å². The number of halogens is 3. The van der Waals surface area contributed by atoms with Crippen molar-refractivity contribution in [1.29, 1.82) is 0 Å². The number of hydrogen-bond acceptors (Lipinski definition) is 4. The molecule has 0 heterocycles. The maximum Gasteiger partial charge on any atom is 0.490 e. The van der Waals surface area contributed by atoms with Crippen molar-refractivity contribution >= 4 is 21.6 Å². The standard InChI is InChI=1S/C2HF3O2.H4O7P2/c3-2(4,5)1(6)7;1-8(2,3)7-9(4,5)6/h(H,6,7);(H2,1,2,3)(H2,4,5,6). The summed E-state index contributed by atoms with van der Waals surface area (Å²) in [6.07, 6.45) is -5.08. The van der Waals surface area contributed by atoms with Crippen LogP contribution in [0, 0.1) is 0 Å². The lowest BCUT2D eigenvalue weighted by Gasteiger charge is -2.03. The van der Waals surface area contributed by atoms with E-state index in [2.05, 4.69) is 4.31 Å². The summed E-state index contributed by atoms with van der Waals surface area (Å²) in [6.45, 7) is 0. The molecule has 9 nitrogen and oxygen atoms in total. The molecule has 0 saturated heterocycles. The van der Waals surface area contributed by atoms with Crippen LogP contribution >= 0.6 is 15.6 Å². The molecule has 5 N–H and O–H groups in total. The van der Waals surface area contributed by atoms with E-state index in [-0.39, 0.29) is 0 Å². The van der Waals surface area contributed by atoms with Gasteiger partial charge in [0.05, 0.1) is 0 Å². The van der Waals surface area contributed by atoms with E-state index in [1.807, 2.05) is 0 Å². The summed E-state index contributed by atoms with van der Waals surface area (Å²) in [5, 5.41) is 7.12. The minimum absolute atomic E-state index is 2.76. The van der Waals surface area contributed by atoms with Gasteiger partial charge in [0.25, 0.3) is 0 Å². The predicted molar refractivity (Wildman–Crippen MR) is 38.9 cm³/mol. The third-order valence-corrected chi connectivity index (χ3v) is 2.16. The minimum Gasteiger partial charge on any atom is -0.475 e. The van der Waals surface area contributed by atoms with E-state index in [9.17, 15) is 22.3 Å². The van der Waals surface area contributed by atoms with Gasteiger partial charge in [0.2, 0.25) is 0 Å². The highest BCUT2D eigenvalue weighted by Crippen LogP contribution is 2.53. The Kier molecular flexibility index (Phi) is 6.41. The second-order valence-corrected chi connectivity index (χ2v) is 4.48. The number of carbonyl (C=O) groups is 1. The van der Waals surface area contributed by atoms with Gasteiger partial charge in [-0.05, 0) is 0 Å². The molecule has 0 radical (unpaired) electrons. The lowest BCUT2D eigenvalue weighted by Crippen LogP contribution is -2.21. The van der Waals surface area contributed by atoms with Crippen LogP contribution in [0.25, 0.3) is 0 Å². The number of carboxylic acid groups (broad SMARTS) is 1. The van der Waals surface area contributed by atoms with Crippen molar-refractivity contribution < 1.29 is 56.1 Å². The van der Waals surface area contributed by atoms with E-state index in [0.29, 0.717) is 0 Å². The molecule has 0 aliphatic rings. The smallest absolute Gasteiger partial charge is 0.475 e. The van der Waals surface area contributed by atoms with E-state index in [1.54, 1.807) is 0 Å². The molecule has 0 amide bonds. The van der Waals surface area contributed by atoms with Crippen LogP contribution in [-0.4, -0.2) is 36.8 Å². The van der Waals surface area contributed by atoms with Crippen molar-refractivity contribution in [2.75, 3.05) is 0 Å². The number of aliphatic carboxylic acids is 1. The van der Waals surface area contributed by atoms with Gasteiger partial charge in [-0.15, -0.1) is 0 Å². The monoisotopic (exact) mass is 292 g/mol. The molecule has 14 heteroatoms. The average Bonchev–Trinajstić information content (AvgIpc) is 1.75. The van der Waals surface area contributed by atoms with Gasteiger partial charge in [0.1, 0.15) is 0 Å². The quantitative estimate of drug-likeness (QED) is 0.434. The fourth-order valence-electron chi connectivity index (χ4n) is 0.139. The zero-order valence-corrected chi connectivity index (χ0v) is 8.69. The first-order valence-electron chi connectivity index (χ1n) is 2.77. The molecule has 0 spiro atoms. The van der Waals surface area contributed by atoms with Gasteiger partial charge in [0, 0.05) is 0 Å². The van der Waals surface area contributed by atoms with Crippen LogP contribution in [0.3, 0.4) is 0 Å². The molecule has 98 valence electrons. The van der Waals surface area contributed by atoms with E-state index < -0.39 is 27.8 Å². The molecule has 0 aromatic carbocycles. The Balaban J connectivity index is 0. The summed E-state index contributed by atoms with van der Waals surface area (Å²) in [7, 11) is -10.1. The van der Waals surface area contributed by atoms with Crippen LogP contribution in [-0.2, 0) is 18.2 Å². The molecule has 16 heavy (non-hydrogen) atoms. The molecular formula is C2H5F3O9P2. The normalized spacial score (nSPS) is 12.7. The van der Waals surface area contributed by atoms with E-state index in [0.717, 1.165) is 0 Å². The molecule has 0 aromatic rings. The van der Waals surface area contributed by atoms with Gasteiger partial charge in [0.15, 0.2) is 0 Å². The lowest BCUT2D eigenvalue weighted by atomic mass is 10.7. The van der Waals surface area contributed by atoms with Crippen LogP contribution in [0.2, 0.25) is 0 Å². The fraction of sp³-hybridized carbons (Fsp3) is 0.500. The van der Waals surface area contributed by atoms with E-state index >= 15 is 0 Å². The van der Waals surface area contributed by atoms with Gasteiger partial charge >= 0.3 is 27.8 Å². The summed E-state index contributed by atoms with van der Waals surface area (Å²) in [6, 6.07) is 0. The molecule has 0 unspecified atom stereocenters. The molecule has 0 aliphatic carbocycles. The third-order valence-electron chi connectivity index (χ3n) is 0.455. The van der Waals surface area contributed by atoms with E-state index in [1.165, 1.54) is 0 Å². The predicted octanol–water partition coefficient (Wildman–Crippen LogP) is -0.178. The zero-order chi connectivity index (χ0) is 13.8. The zero-order valence-electron chi connectivity index (χ0n) is 6.90. The van der Waals surface area contributed by atoms with Crippen LogP contribution in [0.15, 0.2) is 0 Å². The average molecular weight is 292 g/mol. The highest BCUT2D eigenvalue weighted by molar-refractivity contribution is 7.60. The summed E-state index contributed by atoms with van der Waals surface area (Å²) in [4.78, 5) is 39.9. The molecule has 0 aromatic heterocycles. The number of rotatable bonds is 2. The highest BCUT2D eigenvalue weighted by atomic mass is 31.3. The first kappa shape index (κ1) is 17.9. The Bertz CT molecular complexity index is 302. The summed E-state index contributed by atoms with van der Waals surface area (Å²) in [5.41, 5.74) is 0. The molecular weight excluding hydrogens is 287 g/mol. The first-order valence-corrected chi connectivity index (χ1v) is 5.84. The molecule has 0 rings (SSSR count). The van der Waals surface area contributed by atoms with Crippen molar-refractivity contribution in [3.63, 3.8) is 0 Å². The van der Waals surface area contributed by atoms with Crippen molar-refractivity contribution in [1.82, 2.24) is 0 Å². The van der Waals surface area contributed by atoms with E-state index in [4.69, 9.17) is 29.5 Å². The number of phosphoric acid groups is 2. The molecule has 0 saturated carbocycles. The van der Waals surface area contributed by atoms with Gasteiger partial charge in [-0.25, -0.2) is 13.9 Å². The SMILES string of the molecule is O=C(O)C(F)(F)F.O=P(O)(O)OP(=O)(O)O. The number of hydrogen-bond donors (Lipinski definition) is 5. The Morgan fingerprint density at radius 3 is 1.19 bits per heavy atom. The van der Waals surface area contributed by atoms with Gasteiger partial charge < -0.3 is 24.7 Å². The highest BCUT2D eigenvalue weighted by Gasteiger charge is 2.38. The molecule has 0 bridgehead atoms. The Labute approximate surface area is 85.0 Å². The Hall–Kier alpha value is -0.480. The van der Waals surface area contributed by atoms with Crippen molar-refractivity contribution in [2.24, 2.45) is 0 Å². The topological polar surface area (TPSA) is 162 Å². The largest absolute Gasteiger partial charge is 0.490 e. The minimum atomic E-state index is -5.08. The van der Waals surface area contributed by atoms with Crippen molar-refractivity contribution in [3.8, 4) is 0 Å². The molecule has 0 atom stereocenters. The van der Waals surface area contributed by atoms with Crippen LogP contribution in [0.4, 0.5) is 13.2 Å². The Morgan fingerprint density at radius 2 is 1.19 bits per heavy atom. The lowest BCUT2D eigenvalue weighted by molar-refractivity contribution is -0.192. The van der Waals surface area contributed by atoms with Gasteiger partial charge in [-0.1, -0.05) is 0 Å². The van der Waals surface area contributed by atoms with Crippen molar-refractivity contribution in [2.45, 2.75) is 6.18 Å². The second kappa shape index (κ2) is 5.73. The maximum atomic E-state index is 10.6. The fourth-order valence-corrected chi connectivity index (χ4v) is 1.25. The third kappa shape index (κ3) is 16.0. The van der Waals surface area contributed by atoms with Crippen molar-refractivity contribution in [3.05, 3.63) is 0 Å². The second-order valence-electron chi connectivity index (χ2n) is 1.87. The van der Waals surface area contributed by atoms with Crippen LogP contribution in [0.5, 0.6) is 0 Å². The molecule has 0 aliphatic heterocycles. The summed E-state index contributed by atoms with van der Waals surface area (Å²) < 4.78 is 53.9. The number of carboxylic acids is 1. The van der Waals surface area contributed by atoms with Crippen LogP contribution < -0.4 is 0 Å². The van der Waals surface area contributed by atoms with Gasteiger partial charge in [-0.3, -0.25) is 0 Å². The van der Waals surface area contributed by atoms with Gasteiger partial charge in [-0.2, -0.15) is 17.5 Å². The number of alkyl halides is 3. The summed E-state index contributed by atoms with van der Waals surface area (Å²) >= 11 is 0. The first-order chi connectivity index (χ1) is 6.65. The Morgan fingerprint density at radius 1 is 1.00 bits per heavy atom.